The smallest absolute Gasteiger partial charge is 0.260 e. The van der Waals surface area contributed by atoms with Gasteiger partial charge in [-0.3, -0.25) is 4.79 Å². The number of nitrogens with zero attached hydrogens (tertiary/aromatic N) is 1. The molecule has 0 atom stereocenters. The van der Waals surface area contributed by atoms with Gasteiger partial charge in [0.15, 0.2) is 0 Å². The van der Waals surface area contributed by atoms with Crippen LogP contribution in [0.15, 0.2) is 23.0 Å². The Morgan fingerprint density at radius 3 is 2.78 bits per heavy atom. The first-order valence-electron chi connectivity index (χ1n) is 7.63. The largest absolute Gasteiger partial charge is 0.306 e. The van der Waals surface area contributed by atoms with Gasteiger partial charge >= 0.3 is 0 Å². The summed E-state index contributed by atoms with van der Waals surface area (Å²) in [6.45, 7) is 0. The van der Waals surface area contributed by atoms with E-state index in [4.69, 9.17) is 23.2 Å². The molecule has 3 aromatic rings. The van der Waals surface area contributed by atoms with Crippen LogP contribution < -0.4 is 5.56 Å². The summed E-state index contributed by atoms with van der Waals surface area (Å²) in [7, 11) is 0. The molecule has 0 aliphatic heterocycles. The average Bonchev–Trinajstić information content (AvgIpc) is 2.70. The van der Waals surface area contributed by atoms with Crippen molar-refractivity contribution in [3.05, 3.63) is 49.0 Å². The fourth-order valence-electron chi connectivity index (χ4n) is 3.15. The Bertz CT molecular complexity index is 961. The molecule has 23 heavy (non-hydrogen) atoms. The molecule has 1 aliphatic carbocycles. The van der Waals surface area contributed by atoms with Crippen molar-refractivity contribution in [2.24, 2.45) is 0 Å². The Morgan fingerprint density at radius 1 is 1.13 bits per heavy atom. The highest BCUT2D eigenvalue weighted by Crippen LogP contribution is 2.34. The van der Waals surface area contributed by atoms with E-state index in [1.54, 1.807) is 29.5 Å². The summed E-state index contributed by atoms with van der Waals surface area (Å²) in [5, 5.41) is 1.81. The molecule has 3 nitrogen and oxygen atoms in total. The highest BCUT2D eigenvalue weighted by Gasteiger charge is 2.19. The third-order valence-corrected chi connectivity index (χ3v) is 5.99. The Hall–Kier alpha value is -1.36. The maximum Gasteiger partial charge on any atom is 0.260 e. The van der Waals surface area contributed by atoms with E-state index in [0.29, 0.717) is 21.4 Å². The number of H-pyrrole nitrogens is 1. The van der Waals surface area contributed by atoms with Gasteiger partial charge in [0.05, 0.1) is 10.4 Å². The van der Waals surface area contributed by atoms with Gasteiger partial charge in [0.1, 0.15) is 10.7 Å². The Balaban J connectivity index is 1.93. The van der Waals surface area contributed by atoms with Crippen LogP contribution in [0.4, 0.5) is 0 Å². The van der Waals surface area contributed by atoms with Crippen LogP contribution in [-0.4, -0.2) is 9.97 Å². The third kappa shape index (κ3) is 2.69. The minimum atomic E-state index is -0.0737. The molecule has 118 valence electrons. The van der Waals surface area contributed by atoms with Crippen LogP contribution in [0, 0.1) is 0 Å². The van der Waals surface area contributed by atoms with Gasteiger partial charge in [0.2, 0.25) is 0 Å². The van der Waals surface area contributed by atoms with Crippen molar-refractivity contribution >= 4 is 44.8 Å². The van der Waals surface area contributed by atoms with E-state index in [0.717, 1.165) is 29.5 Å². The van der Waals surface area contributed by atoms with Crippen LogP contribution in [-0.2, 0) is 12.8 Å². The first-order valence-corrected chi connectivity index (χ1v) is 9.21. The lowest BCUT2D eigenvalue weighted by Crippen LogP contribution is -2.10. The maximum absolute atomic E-state index is 12.6. The monoisotopic (exact) mass is 364 g/mol. The number of hydrogen-bond donors (Lipinski definition) is 1. The zero-order chi connectivity index (χ0) is 16.0. The summed E-state index contributed by atoms with van der Waals surface area (Å²) in [6, 6.07) is 5.19. The lowest BCUT2D eigenvalue weighted by molar-refractivity contribution is 0.713. The van der Waals surface area contributed by atoms with Gasteiger partial charge in [-0.25, -0.2) is 4.98 Å². The molecule has 1 N–H and O–H groups in total. The molecule has 0 saturated heterocycles. The Morgan fingerprint density at radius 2 is 1.96 bits per heavy atom. The molecule has 2 aromatic heterocycles. The molecule has 4 rings (SSSR count). The molecule has 0 amide bonds. The lowest BCUT2D eigenvalue weighted by Gasteiger charge is -2.04. The van der Waals surface area contributed by atoms with Gasteiger partial charge in [0, 0.05) is 15.5 Å². The fraction of sp³-hybridized carbons (Fsp3) is 0.294. The highest BCUT2D eigenvalue weighted by molar-refractivity contribution is 7.18. The van der Waals surface area contributed by atoms with Gasteiger partial charge in [-0.05, 0) is 49.4 Å². The summed E-state index contributed by atoms with van der Waals surface area (Å²) in [4.78, 5) is 22.3. The number of rotatable bonds is 1. The molecular formula is C17H14Cl2N2OS. The number of aromatic nitrogens is 2. The minimum absolute atomic E-state index is 0.0737. The molecule has 6 heteroatoms. The minimum Gasteiger partial charge on any atom is -0.306 e. The van der Waals surface area contributed by atoms with Crippen molar-refractivity contribution in [3.63, 3.8) is 0 Å². The number of nitrogens with one attached hydrogen (secondary N) is 1. The molecule has 1 aromatic carbocycles. The van der Waals surface area contributed by atoms with Crippen LogP contribution in [0.1, 0.15) is 29.7 Å². The normalized spacial score (nSPS) is 14.7. The number of benzene rings is 1. The summed E-state index contributed by atoms with van der Waals surface area (Å²) < 4.78 is 0. The van der Waals surface area contributed by atoms with Gasteiger partial charge in [-0.2, -0.15) is 0 Å². The van der Waals surface area contributed by atoms with Crippen molar-refractivity contribution in [1.82, 2.24) is 9.97 Å². The third-order valence-electron chi connectivity index (χ3n) is 4.26. The zero-order valence-corrected chi connectivity index (χ0v) is 14.6. The standard InChI is InChI=1S/C17H14Cl2N2OS/c18-9-6-7-10(12(19)8-9)15-20-16(22)14-11-4-2-1-3-5-13(11)23-17(14)21-15/h6-8H,1-5H2,(H,20,21,22). The predicted octanol–water partition coefficient (Wildman–Crippen LogP) is 5.23. The number of aromatic amines is 1. The number of halogens is 2. The van der Waals surface area contributed by atoms with Gasteiger partial charge in [0.25, 0.3) is 5.56 Å². The molecule has 0 fully saturated rings. The lowest BCUT2D eigenvalue weighted by atomic mass is 10.1. The fourth-order valence-corrected chi connectivity index (χ4v) is 4.91. The van der Waals surface area contributed by atoms with Crippen LogP contribution in [0.2, 0.25) is 10.0 Å². The summed E-state index contributed by atoms with van der Waals surface area (Å²) >= 11 is 13.8. The number of fused-ring (bicyclic) bond motifs is 3. The first kappa shape index (κ1) is 15.2. The van der Waals surface area contributed by atoms with Crippen molar-refractivity contribution in [2.75, 3.05) is 0 Å². The SMILES string of the molecule is O=c1[nH]c(-c2ccc(Cl)cc2Cl)nc2sc3c(c12)CCCCC3. The molecule has 2 heterocycles. The molecule has 0 bridgehead atoms. The van der Waals surface area contributed by atoms with E-state index in [9.17, 15) is 4.79 Å². The predicted molar refractivity (Wildman–Crippen MR) is 97.0 cm³/mol. The second kappa shape index (κ2) is 5.93. The van der Waals surface area contributed by atoms with Crippen molar-refractivity contribution in [3.8, 4) is 11.4 Å². The van der Waals surface area contributed by atoms with E-state index < -0.39 is 0 Å². The Labute approximate surface area is 147 Å². The van der Waals surface area contributed by atoms with Gasteiger partial charge in [-0.15, -0.1) is 11.3 Å². The van der Waals surface area contributed by atoms with Crippen LogP contribution >= 0.6 is 34.5 Å². The highest BCUT2D eigenvalue weighted by atomic mass is 35.5. The van der Waals surface area contributed by atoms with Crippen molar-refractivity contribution in [1.29, 1.82) is 0 Å². The van der Waals surface area contributed by atoms with Gasteiger partial charge < -0.3 is 4.98 Å². The quantitative estimate of drug-likeness (QED) is 0.601. The number of thiophene rings is 1. The molecule has 0 saturated carbocycles. The second-order valence-corrected chi connectivity index (χ2v) is 7.71. The van der Waals surface area contributed by atoms with Crippen LogP contribution in [0.25, 0.3) is 21.6 Å². The topological polar surface area (TPSA) is 45.8 Å². The van der Waals surface area contributed by atoms with E-state index in [-0.39, 0.29) is 5.56 Å². The molecule has 0 radical (unpaired) electrons. The van der Waals surface area contributed by atoms with E-state index in [2.05, 4.69) is 9.97 Å². The summed E-state index contributed by atoms with van der Waals surface area (Å²) in [5.74, 6) is 0.501. The molecular weight excluding hydrogens is 351 g/mol. The molecule has 0 unspecified atom stereocenters. The van der Waals surface area contributed by atoms with Gasteiger partial charge in [-0.1, -0.05) is 29.6 Å². The van der Waals surface area contributed by atoms with E-state index in [1.807, 2.05) is 0 Å². The van der Waals surface area contributed by atoms with Crippen LogP contribution in [0.3, 0.4) is 0 Å². The van der Waals surface area contributed by atoms with E-state index >= 15 is 0 Å². The molecule has 1 aliphatic rings. The summed E-state index contributed by atoms with van der Waals surface area (Å²) in [5.41, 5.74) is 1.82. The van der Waals surface area contributed by atoms with E-state index in [1.165, 1.54) is 23.3 Å². The maximum atomic E-state index is 12.6. The second-order valence-electron chi connectivity index (χ2n) is 5.78. The van der Waals surface area contributed by atoms with Crippen molar-refractivity contribution in [2.45, 2.75) is 32.1 Å². The van der Waals surface area contributed by atoms with Crippen molar-refractivity contribution < 1.29 is 0 Å². The number of aryl methyl sites for hydroxylation is 2. The zero-order valence-electron chi connectivity index (χ0n) is 12.3. The average molecular weight is 365 g/mol. The first-order chi connectivity index (χ1) is 11.1. The van der Waals surface area contributed by atoms with Crippen LogP contribution in [0.5, 0.6) is 0 Å². The number of hydrogen-bond acceptors (Lipinski definition) is 3. The summed E-state index contributed by atoms with van der Waals surface area (Å²) in [6.07, 6.45) is 5.58. The Kier molecular flexibility index (Phi) is 3.92. The molecule has 0 spiro atoms.